The van der Waals surface area contributed by atoms with E-state index < -0.39 is 0 Å². The molecule has 1 heterocycles. The van der Waals surface area contributed by atoms with Gasteiger partial charge in [0.2, 0.25) is 5.91 Å². The van der Waals surface area contributed by atoms with E-state index in [2.05, 4.69) is 33.7 Å². The van der Waals surface area contributed by atoms with Crippen LogP contribution in [0.4, 0.5) is 5.69 Å². The van der Waals surface area contributed by atoms with Gasteiger partial charge in [-0.3, -0.25) is 14.5 Å². The minimum atomic E-state index is -0.220. The molecule has 2 amide bonds. The van der Waals surface area contributed by atoms with Crippen LogP contribution in [0.25, 0.3) is 0 Å². The highest BCUT2D eigenvalue weighted by Gasteiger charge is 2.25. The summed E-state index contributed by atoms with van der Waals surface area (Å²) in [5.74, 6) is -0.142. The number of carbonyl (C=O) groups is 2. The van der Waals surface area contributed by atoms with Crippen LogP contribution >= 0.6 is 0 Å². The predicted octanol–water partition coefficient (Wildman–Crippen LogP) is 3.21. The van der Waals surface area contributed by atoms with Crippen molar-refractivity contribution in [3.05, 3.63) is 65.2 Å². The van der Waals surface area contributed by atoms with Gasteiger partial charge in [0.15, 0.2) is 0 Å². The first-order valence-electron chi connectivity index (χ1n) is 9.46. The van der Waals surface area contributed by atoms with Crippen LogP contribution in [0.2, 0.25) is 0 Å². The molecule has 2 N–H and O–H groups in total. The fraction of sp³-hybridized carbons (Fsp3) is 0.364. The summed E-state index contributed by atoms with van der Waals surface area (Å²) in [5.41, 5.74) is 3.95. The number of benzene rings is 2. The van der Waals surface area contributed by atoms with E-state index in [-0.39, 0.29) is 23.9 Å². The van der Waals surface area contributed by atoms with Crippen molar-refractivity contribution in [3.63, 3.8) is 0 Å². The first-order chi connectivity index (χ1) is 12.9. The minimum Gasteiger partial charge on any atom is -0.350 e. The van der Waals surface area contributed by atoms with Gasteiger partial charge in [0, 0.05) is 30.4 Å². The zero-order valence-corrected chi connectivity index (χ0v) is 16.2. The molecule has 0 aromatic heterocycles. The predicted molar refractivity (Wildman–Crippen MR) is 108 cm³/mol. The molecule has 0 saturated heterocycles. The number of carbonyl (C=O) groups excluding carboxylic acids is 2. The Labute approximate surface area is 160 Å². The number of nitrogens with one attached hydrogen (secondary N) is 2. The second-order valence-electron chi connectivity index (χ2n) is 7.36. The van der Waals surface area contributed by atoms with Crippen LogP contribution in [0.1, 0.15) is 42.3 Å². The topological polar surface area (TPSA) is 61.4 Å². The van der Waals surface area contributed by atoms with Gasteiger partial charge in [0.25, 0.3) is 5.91 Å². The van der Waals surface area contributed by atoms with Crippen LogP contribution in [-0.4, -0.2) is 35.3 Å². The molecule has 0 saturated carbocycles. The van der Waals surface area contributed by atoms with Gasteiger partial charge in [0.1, 0.15) is 0 Å². The molecule has 1 atom stereocenters. The van der Waals surface area contributed by atoms with E-state index >= 15 is 0 Å². The molecular formula is C22H27N3O2. The Balaban J connectivity index is 1.59. The molecule has 142 valence electrons. The lowest BCUT2D eigenvalue weighted by Crippen LogP contribution is -2.44. The molecule has 2 aromatic carbocycles. The molecule has 1 aliphatic rings. The summed E-state index contributed by atoms with van der Waals surface area (Å²) in [4.78, 5) is 26.9. The Kier molecular flexibility index (Phi) is 5.91. The Morgan fingerprint density at radius 2 is 1.63 bits per heavy atom. The number of rotatable bonds is 5. The minimum absolute atomic E-state index is 0.0336. The second kappa shape index (κ2) is 8.35. The zero-order valence-electron chi connectivity index (χ0n) is 16.2. The first-order valence-corrected chi connectivity index (χ1v) is 9.46. The van der Waals surface area contributed by atoms with Crippen LogP contribution in [-0.2, 0) is 17.8 Å². The third-order valence-corrected chi connectivity index (χ3v) is 4.92. The second-order valence-corrected chi connectivity index (χ2v) is 7.36. The standard InChI is InChI=1S/C22H27N3O2/c1-15(2)23-22(27)18-8-10-20(11-9-18)24-21(26)16(3)25-13-12-17-6-4-5-7-19(17)14-25/h4-11,15-16H,12-14H2,1-3H3,(H,23,27)(H,24,26). The van der Waals surface area contributed by atoms with Gasteiger partial charge in [-0.25, -0.2) is 0 Å². The van der Waals surface area contributed by atoms with Crippen molar-refractivity contribution >= 4 is 17.5 Å². The Hall–Kier alpha value is -2.66. The van der Waals surface area contributed by atoms with Crippen molar-refractivity contribution in [2.75, 3.05) is 11.9 Å². The van der Waals surface area contributed by atoms with Crippen LogP contribution in [0.5, 0.6) is 0 Å². The normalized spacial score (nSPS) is 15.1. The van der Waals surface area contributed by atoms with Crippen molar-refractivity contribution in [2.24, 2.45) is 0 Å². The van der Waals surface area contributed by atoms with E-state index in [1.165, 1.54) is 11.1 Å². The van der Waals surface area contributed by atoms with Crippen molar-refractivity contribution in [2.45, 2.75) is 45.8 Å². The summed E-state index contributed by atoms with van der Waals surface area (Å²) in [6.45, 7) is 7.45. The molecule has 3 rings (SSSR count). The van der Waals surface area contributed by atoms with Gasteiger partial charge < -0.3 is 10.6 Å². The Bertz CT molecular complexity index is 815. The third-order valence-electron chi connectivity index (χ3n) is 4.92. The zero-order chi connectivity index (χ0) is 19.4. The molecule has 27 heavy (non-hydrogen) atoms. The maximum atomic E-state index is 12.7. The number of fused-ring (bicyclic) bond motifs is 1. The number of amides is 2. The molecule has 5 heteroatoms. The van der Waals surface area contributed by atoms with Crippen molar-refractivity contribution in [1.29, 1.82) is 0 Å². The molecule has 2 aromatic rings. The molecule has 0 fully saturated rings. The van der Waals surface area contributed by atoms with Crippen LogP contribution in [0.15, 0.2) is 48.5 Å². The summed E-state index contributed by atoms with van der Waals surface area (Å²) < 4.78 is 0. The maximum absolute atomic E-state index is 12.7. The van der Waals surface area contributed by atoms with Gasteiger partial charge >= 0.3 is 0 Å². The molecule has 0 bridgehead atoms. The van der Waals surface area contributed by atoms with Crippen molar-refractivity contribution < 1.29 is 9.59 Å². The lowest BCUT2D eigenvalue weighted by atomic mass is 9.99. The molecule has 5 nitrogen and oxygen atoms in total. The average Bonchev–Trinajstić information content (AvgIpc) is 2.67. The van der Waals surface area contributed by atoms with E-state index in [0.29, 0.717) is 11.3 Å². The average molecular weight is 365 g/mol. The SMILES string of the molecule is CC(C)NC(=O)c1ccc(NC(=O)C(C)N2CCc3ccccc3C2)cc1. The summed E-state index contributed by atoms with van der Waals surface area (Å²) in [7, 11) is 0. The quantitative estimate of drug-likeness (QED) is 0.855. The molecule has 0 spiro atoms. The van der Waals surface area contributed by atoms with E-state index in [1.807, 2.05) is 26.8 Å². The third kappa shape index (κ3) is 4.74. The summed E-state index contributed by atoms with van der Waals surface area (Å²) in [6.07, 6.45) is 0.966. The first kappa shape index (κ1) is 19.1. The van der Waals surface area contributed by atoms with Gasteiger partial charge in [-0.1, -0.05) is 24.3 Å². The fourth-order valence-corrected chi connectivity index (χ4v) is 3.31. The monoisotopic (exact) mass is 365 g/mol. The number of hydrogen-bond acceptors (Lipinski definition) is 3. The van der Waals surface area contributed by atoms with Crippen LogP contribution in [0, 0.1) is 0 Å². The summed E-state index contributed by atoms with van der Waals surface area (Å²) >= 11 is 0. The highest BCUT2D eigenvalue weighted by atomic mass is 16.2. The number of nitrogens with zero attached hydrogens (tertiary/aromatic N) is 1. The molecule has 1 aliphatic heterocycles. The molecule has 1 unspecified atom stereocenters. The van der Waals surface area contributed by atoms with Crippen molar-refractivity contribution in [3.8, 4) is 0 Å². The maximum Gasteiger partial charge on any atom is 0.251 e. The Morgan fingerprint density at radius 3 is 2.30 bits per heavy atom. The lowest BCUT2D eigenvalue weighted by Gasteiger charge is -2.32. The van der Waals surface area contributed by atoms with E-state index in [0.717, 1.165) is 19.5 Å². The highest BCUT2D eigenvalue weighted by Crippen LogP contribution is 2.21. The van der Waals surface area contributed by atoms with Gasteiger partial charge in [0.05, 0.1) is 6.04 Å². The van der Waals surface area contributed by atoms with Gasteiger partial charge in [-0.05, 0) is 62.6 Å². The molecular weight excluding hydrogens is 338 g/mol. The van der Waals surface area contributed by atoms with Crippen LogP contribution in [0.3, 0.4) is 0 Å². The van der Waals surface area contributed by atoms with Crippen molar-refractivity contribution in [1.82, 2.24) is 10.2 Å². The fourth-order valence-electron chi connectivity index (χ4n) is 3.31. The largest absolute Gasteiger partial charge is 0.350 e. The summed E-state index contributed by atoms with van der Waals surface area (Å²) in [5, 5.41) is 5.81. The highest BCUT2D eigenvalue weighted by molar-refractivity contribution is 5.97. The van der Waals surface area contributed by atoms with E-state index in [9.17, 15) is 9.59 Å². The van der Waals surface area contributed by atoms with Gasteiger partial charge in [-0.15, -0.1) is 0 Å². The van der Waals surface area contributed by atoms with Gasteiger partial charge in [-0.2, -0.15) is 0 Å². The smallest absolute Gasteiger partial charge is 0.251 e. The summed E-state index contributed by atoms with van der Waals surface area (Å²) in [6, 6.07) is 15.3. The number of hydrogen-bond donors (Lipinski definition) is 2. The molecule has 0 radical (unpaired) electrons. The van der Waals surface area contributed by atoms with E-state index in [4.69, 9.17) is 0 Å². The van der Waals surface area contributed by atoms with Crippen LogP contribution < -0.4 is 10.6 Å². The number of anilines is 1. The lowest BCUT2D eigenvalue weighted by molar-refractivity contribution is -0.121. The van der Waals surface area contributed by atoms with E-state index in [1.54, 1.807) is 24.3 Å². The Morgan fingerprint density at radius 1 is 0.963 bits per heavy atom. The molecule has 0 aliphatic carbocycles.